The van der Waals surface area contributed by atoms with Crippen LogP contribution < -0.4 is 5.32 Å². The van der Waals surface area contributed by atoms with Gasteiger partial charge in [0.1, 0.15) is 12.7 Å². The van der Waals surface area contributed by atoms with Crippen molar-refractivity contribution in [3.63, 3.8) is 0 Å². The van der Waals surface area contributed by atoms with Crippen molar-refractivity contribution >= 4 is 19.7 Å². The average molecular weight is 854 g/mol. The predicted octanol–water partition coefficient (Wildman–Crippen LogP) is 14.1. The molecule has 0 fully saturated rings. The number of esters is 1. The molecule has 0 rings (SSSR count). The fraction of sp³-hybridized carbons (Fsp3) is 0.837. The zero-order valence-corrected chi connectivity index (χ0v) is 39.1. The zero-order chi connectivity index (χ0) is 43.2. The monoisotopic (exact) mass is 854 g/mol. The Hall–Kier alpha value is -1.77. The summed E-state index contributed by atoms with van der Waals surface area (Å²) < 4.78 is 26.9. The Balaban J connectivity index is 3.56. The topological polar surface area (TPSA) is 131 Å². The van der Waals surface area contributed by atoms with Crippen LogP contribution in [0, 0.1) is 0 Å². The summed E-state index contributed by atoms with van der Waals surface area (Å²) in [6.45, 7) is 3.54. The molecule has 0 heterocycles. The molecule has 10 heteroatoms. The summed E-state index contributed by atoms with van der Waals surface area (Å²) in [7, 11) is -4.42. The Morgan fingerprint density at radius 2 is 0.915 bits per heavy atom. The van der Waals surface area contributed by atoms with Crippen molar-refractivity contribution in [1.82, 2.24) is 5.32 Å². The third-order valence-electron chi connectivity index (χ3n) is 10.5. The van der Waals surface area contributed by atoms with Crippen LogP contribution in [-0.2, 0) is 27.9 Å². The molecule has 346 valence electrons. The van der Waals surface area contributed by atoms with E-state index in [1.807, 2.05) is 0 Å². The third kappa shape index (κ3) is 47.1. The number of amides is 1. The number of rotatable bonds is 46. The molecule has 0 saturated carbocycles. The number of allylic oxidation sites excluding steroid dienone is 6. The maximum absolute atomic E-state index is 12.1. The van der Waals surface area contributed by atoms with Gasteiger partial charge < -0.3 is 20.1 Å². The highest BCUT2D eigenvalue weighted by molar-refractivity contribution is 7.47. The van der Waals surface area contributed by atoms with Gasteiger partial charge in [0.05, 0.1) is 13.2 Å². The Labute approximate surface area is 363 Å². The van der Waals surface area contributed by atoms with Crippen molar-refractivity contribution in [3.8, 4) is 0 Å². The molecule has 0 aliphatic carbocycles. The summed E-state index contributed by atoms with van der Waals surface area (Å²) in [4.78, 5) is 34.0. The van der Waals surface area contributed by atoms with Gasteiger partial charge in [0.2, 0.25) is 5.91 Å². The van der Waals surface area contributed by atoms with Gasteiger partial charge in [-0.3, -0.25) is 18.6 Å². The van der Waals surface area contributed by atoms with Crippen molar-refractivity contribution in [1.29, 1.82) is 0 Å². The van der Waals surface area contributed by atoms with Gasteiger partial charge in [-0.15, -0.1) is 0 Å². The Kier molecular flexibility index (Phi) is 44.4. The molecule has 2 unspecified atom stereocenters. The van der Waals surface area contributed by atoms with E-state index in [0.717, 1.165) is 44.9 Å². The number of unbranched alkanes of at least 4 members (excludes halogenated alkanes) is 27. The second-order valence-corrected chi connectivity index (χ2v) is 17.9. The van der Waals surface area contributed by atoms with Gasteiger partial charge >= 0.3 is 13.8 Å². The maximum Gasteiger partial charge on any atom is 0.472 e. The smallest absolute Gasteiger partial charge is 0.463 e. The Morgan fingerprint density at radius 1 is 0.525 bits per heavy atom. The summed E-state index contributed by atoms with van der Waals surface area (Å²) in [5.74, 6) is -0.517. The number of hydrogen-bond acceptors (Lipinski definition) is 7. The highest BCUT2D eigenvalue weighted by atomic mass is 31.2. The molecule has 0 saturated heterocycles. The first-order valence-corrected chi connectivity index (χ1v) is 26.0. The van der Waals surface area contributed by atoms with Crippen molar-refractivity contribution < 1.29 is 37.9 Å². The molecule has 3 N–H and O–H groups in total. The van der Waals surface area contributed by atoms with Crippen LogP contribution in [0.1, 0.15) is 232 Å². The number of nitrogens with one attached hydrogen (secondary N) is 1. The number of aliphatic hydroxyl groups is 1. The van der Waals surface area contributed by atoms with Gasteiger partial charge in [0.25, 0.3) is 0 Å². The zero-order valence-electron chi connectivity index (χ0n) is 38.2. The summed E-state index contributed by atoms with van der Waals surface area (Å²) in [6, 6.07) is 0. The normalized spacial score (nSPS) is 13.5. The van der Waals surface area contributed by atoms with E-state index in [9.17, 15) is 24.2 Å². The minimum atomic E-state index is -4.42. The summed E-state index contributed by atoms with van der Waals surface area (Å²) in [5, 5.41) is 12.7. The predicted molar refractivity (Wildman–Crippen MR) is 247 cm³/mol. The molecule has 0 radical (unpaired) electrons. The van der Waals surface area contributed by atoms with Crippen LogP contribution in [-0.4, -0.2) is 54.3 Å². The fourth-order valence-corrected chi connectivity index (χ4v) is 7.58. The number of carbonyl (C=O) groups excluding carboxylic acids is 2. The third-order valence-corrected chi connectivity index (χ3v) is 11.5. The molecular formula is C49H92NO8P. The van der Waals surface area contributed by atoms with E-state index in [1.165, 1.54) is 161 Å². The molecule has 59 heavy (non-hydrogen) atoms. The highest BCUT2D eigenvalue weighted by Gasteiger charge is 2.23. The van der Waals surface area contributed by atoms with E-state index in [-0.39, 0.29) is 32.1 Å². The van der Waals surface area contributed by atoms with E-state index < -0.39 is 26.5 Å². The lowest BCUT2D eigenvalue weighted by atomic mass is 10.0. The number of carbonyl (C=O) groups is 2. The number of phosphoric ester groups is 1. The highest BCUT2D eigenvalue weighted by Crippen LogP contribution is 2.42. The van der Waals surface area contributed by atoms with Crippen LogP contribution in [0.15, 0.2) is 36.5 Å². The van der Waals surface area contributed by atoms with Gasteiger partial charge in [0, 0.05) is 19.4 Å². The van der Waals surface area contributed by atoms with Crippen molar-refractivity contribution in [3.05, 3.63) is 36.5 Å². The number of phosphoric acid groups is 1. The van der Waals surface area contributed by atoms with Gasteiger partial charge in [-0.25, -0.2) is 4.57 Å². The van der Waals surface area contributed by atoms with E-state index in [0.29, 0.717) is 6.42 Å². The number of ether oxygens (including phenoxy) is 1. The van der Waals surface area contributed by atoms with Crippen LogP contribution in [0.5, 0.6) is 0 Å². The minimum Gasteiger partial charge on any atom is -0.463 e. The molecule has 0 bridgehead atoms. The van der Waals surface area contributed by atoms with Crippen molar-refractivity contribution in [2.75, 3.05) is 26.4 Å². The lowest BCUT2D eigenvalue weighted by Crippen LogP contribution is -2.27. The molecule has 0 aromatic carbocycles. The fourth-order valence-electron chi connectivity index (χ4n) is 6.82. The molecule has 9 nitrogen and oxygen atoms in total. The second kappa shape index (κ2) is 45.7. The molecule has 0 aromatic heterocycles. The summed E-state index contributed by atoms with van der Waals surface area (Å²) in [5.41, 5.74) is 0. The average Bonchev–Trinajstić information content (AvgIpc) is 3.22. The van der Waals surface area contributed by atoms with E-state index in [4.69, 9.17) is 13.8 Å². The lowest BCUT2D eigenvalue weighted by molar-refractivity contribution is -0.147. The first kappa shape index (κ1) is 57.2. The first-order chi connectivity index (χ1) is 28.8. The lowest BCUT2D eigenvalue weighted by Gasteiger charge is -2.15. The van der Waals surface area contributed by atoms with Crippen LogP contribution in [0.4, 0.5) is 0 Å². The van der Waals surface area contributed by atoms with Gasteiger partial charge in [-0.05, 0) is 70.6 Å². The van der Waals surface area contributed by atoms with Gasteiger partial charge in [-0.2, -0.15) is 0 Å². The van der Waals surface area contributed by atoms with E-state index >= 15 is 0 Å². The van der Waals surface area contributed by atoms with Crippen LogP contribution >= 0.6 is 7.82 Å². The number of aliphatic hydroxyl groups excluding tert-OH is 1. The molecule has 0 aliphatic heterocycles. The van der Waals surface area contributed by atoms with E-state index in [2.05, 4.69) is 55.6 Å². The molecule has 2 atom stereocenters. The second-order valence-electron chi connectivity index (χ2n) is 16.4. The standard InChI is InChI=1S/C49H92NO8P/c1-3-5-7-9-11-13-15-17-19-21-22-23-24-26-27-29-31-33-35-37-39-41-48(52)50-43-44-57-59(54,55)58-46-47(51)45-56-49(53)42-40-38-36-34-32-30-28-25-20-18-16-14-12-10-8-6-4-2/h11,13,17-20,47,51H,3-10,12,14-16,21-46H2,1-2H3,(H,50,52)(H,54,55)/b13-11-,19-17-,20-18-. The molecule has 0 aliphatic rings. The van der Waals surface area contributed by atoms with Gasteiger partial charge in [0.15, 0.2) is 0 Å². The Morgan fingerprint density at radius 3 is 1.41 bits per heavy atom. The molecular weight excluding hydrogens is 762 g/mol. The Bertz CT molecular complexity index is 1060. The van der Waals surface area contributed by atoms with E-state index in [1.54, 1.807) is 0 Å². The van der Waals surface area contributed by atoms with Crippen LogP contribution in [0.2, 0.25) is 0 Å². The minimum absolute atomic E-state index is 0.0808. The maximum atomic E-state index is 12.1. The SMILES string of the molecule is CCCCC/C=C\C/C=C\CCCCCCCCCCCCCC(=O)NCCOP(=O)(O)OCC(O)COC(=O)CCCCCCCCC/C=C\CCCCCCCC. The molecule has 1 amide bonds. The van der Waals surface area contributed by atoms with Crippen molar-refractivity contribution in [2.45, 2.75) is 238 Å². The first-order valence-electron chi connectivity index (χ1n) is 24.5. The summed E-state index contributed by atoms with van der Waals surface area (Å²) in [6.07, 6.45) is 52.2. The van der Waals surface area contributed by atoms with Gasteiger partial charge in [-0.1, -0.05) is 185 Å². The van der Waals surface area contributed by atoms with Crippen LogP contribution in [0.25, 0.3) is 0 Å². The number of hydrogen-bond donors (Lipinski definition) is 3. The molecule has 0 spiro atoms. The van der Waals surface area contributed by atoms with Crippen molar-refractivity contribution in [2.24, 2.45) is 0 Å². The molecule has 0 aromatic rings. The quantitative estimate of drug-likeness (QED) is 0.0239. The summed E-state index contributed by atoms with van der Waals surface area (Å²) >= 11 is 0. The van der Waals surface area contributed by atoms with Crippen LogP contribution in [0.3, 0.4) is 0 Å². The largest absolute Gasteiger partial charge is 0.472 e.